The monoisotopic (exact) mass is 985 g/mol. The molecule has 2 aromatic rings. The van der Waals surface area contributed by atoms with Gasteiger partial charge in [0.25, 0.3) is 10.1 Å². The van der Waals surface area contributed by atoms with E-state index >= 15 is 0 Å². The Hall–Kier alpha value is -5.15. The van der Waals surface area contributed by atoms with Crippen LogP contribution in [0.4, 0.5) is 5.69 Å². The molecule has 9 aliphatic rings. The van der Waals surface area contributed by atoms with Gasteiger partial charge in [-0.2, -0.15) is 8.42 Å². The highest BCUT2D eigenvalue weighted by Gasteiger charge is 2.61. The van der Waals surface area contributed by atoms with Crippen LogP contribution in [0.25, 0.3) is 10.8 Å². The Morgan fingerprint density at radius 1 is 0.514 bits per heavy atom. The molecule has 3 aliphatic heterocycles. The SMILES string of the molecule is CNCCN1C(=O)C2C3C=CC(C3)C2C1=O.COCCOCCOCCOCCN1C(=O)C2C3C=CC(C3)C2C1=O.O=C1C2C3C=CC(C3)C2C(=O)N1CCNc1cccc2c(S(=O)(=O)O)cccc12. The minimum absolute atomic E-state index is 0.0140. The van der Waals surface area contributed by atoms with Crippen molar-refractivity contribution in [2.45, 2.75) is 24.2 Å². The number of hydrogen-bond acceptors (Lipinski definition) is 14. The second-order valence-corrected chi connectivity index (χ2v) is 20.9. The lowest BCUT2D eigenvalue weighted by Gasteiger charge is -2.18. The molecule has 18 nitrogen and oxygen atoms in total. The Morgan fingerprint density at radius 3 is 1.30 bits per heavy atom. The molecule has 19 heteroatoms. The first kappa shape index (κ1) is 49.8. The van der Waals surface area contributed by atoms with Crippen LogP contribution in [0.5, 0.6) is 0 Å². The van der Waals surface area contributed by atoms with Crippen molar-refractivity contribution in [3.05, 3.63) is 72.9 Å². The van der Waals surface area contributed by atoms with Gasteiger partial charge in [0.2, 0.25) is 35.4 Å². The maximum absolute atomic E-state index is 12.7. The molecule has 12 atom stereocenters. The molecule has 0 spiro atoms. The van der Waals surface area contributed by atoms with Gasteiger partial charge in [0.05, 0.1) is 88.3 Å². The summed E-state index contributed by atoms with van der Waals surface area (Å²) in [7, 11) is -0.876. The van der Waals surface area contributed by atoms with Crippen molar-refractivity contribution >= 4 is 62.0 Å². The van der Waals surface area contributed by atoms with Gasteiger partial charge in [0.1, 0.15) is 4.90 Å². The first-order valence-corrected chi connectivity index (χ1v) is 26.0. The van der Waals surface area contributed by atoms with Gasteiger partial charge in [-0.25, -0.2) is 0 Å². The van der Waals surface area contributed by atoms with Crippen molar-refractivity contribution in [2.24, 2.45) is 71.0 Å². The van der Waals surface area contributed by atoms with Crippen molar-refractivity contribution in [2.75, 3.05) is 98.4 Å². The van der Waals surface area contributed by atoms with Gasteiger partial charge >= 0.3 is 0 Å². The third kappa shape index (κ3) is 9.53. The normalized spacial score (nSPS) is 31.3. The molecule has 376 valence electrons. The van der Waals surface area contributed by atoms with E-state index in [1.54, 1.807) is 37.4 Å². The first-order valence-electron chi connectivity index (χ1n) is 24.5. The molecule has 3 saturated carbocycles. The molecule has 0 radical (unpaired) electrons. The van der Waals surface area contributed by atoms with Gasteiger partial charge in [0.15, 0.2) is 0 Å². The van der Waals surface area contributed by atoms with E-state index in [1.807, 2.05) is 7.05 Å². The Kier molecular flexibility index (Phi) is 15.1. The van der Waals surface area contributed by atoms with Gasteiger partial charge in [-0.05, 0) is 74.0 Å². The number of nitrogens with one attached hydrogen (secondary N) is 2. The van der Waals surface area contributed by atoms with E-state index in [-0.39, 0.29) is 106 Å². The number of carbonyl (C=O) groups is 6. The van der Waals surface area contributed by atoms with Crippen LogP contribution in [-0.2, 0) is 57.8 Å². The number of methoxy groups -OCH3 is 1. The Bertz CT molecular complexity index is 2480. The predicted octanol–water partition coefficient (Wildman–Crippen LogP) is 2.81. The second kappa shape index (κ2) is 21.3. The number of nitrogens with zero attached hydrogens (tertiary/aromatic N) is 3. The molecular weight excluding hydrogens is 923 g/mol. The molecule has 11 rings (SSSR count). The highest BCUT2D eigenvalue weighted by atomic mass is 32.2. The Morgan fingerprint density at radius 2 is 0.886 bits per heavy atom. The van der Waals surface area contributed by atoms with E-state index in [4.69, 9.17) is 18.9 Å². The van der Waals surface area contributed by atoms with Crippen LogP contribution in [0.2, 0.25) is 0 Å². The molecule has 0 aromatic heterocycles. The third-order valence-electron chi connectivity index (χ3n) is 15.7. The summed E-state index contributed by atoms with van der Waals surface area (Å²) < 4.78 is 53.7. The maximum atomic E-state index is 12.7. The number of carbonyl (C=O) groups excluding carboxylic acids is 6. The number of benzene rings is 2. The molecule has 3 saturated heterocycles. The molecule has 12 unspecified atom stereocenters. The van der Waals surface area contributed by atoms with Crippen LogP contribution < -0.4 is 10.6 Å². The van der Waals surface area contributed by atoms with E-state index in [2.05, 4.69) is 47.1 Å². The fraction of sp³-hybridized carbons (Fsp3) is 0.569. The van der Waals surface area contributed by atoms with Crippen molar-refractivity contribution in [3.8, 4) is 0 Å². The van der Waals surface area contributed by atoms with Crippen molar-refractivity contribution in [3.63, 3.8) is 0 Å². The van der Waals surface area contributed by atoms with Crippen LogP contribution in [0.3, 0.4) is 0 Å². The van der Waals surface area contributed by atoms with Gasteiger partial charge in [-0.3, -0.25) is 48.0 Å². The third-order valence-corrected chi connectivity index (χ3v) is 16.6. The number of fused-ring (bicyclic) bond motifs is 16. The maximum Gasteiger partial charge on any atom is 0.295 e. The molecule has 2 aromatic carbocycles. The van der Waals surface area contributed by atoms with Crippen molar-refractivity contribution in [1.82, 2.24) is 20.0 Å². The molecule has 70 heavy (non-hydrogen) atoms. The minimum Gasteiger partial charge on any atom is -0.383 e. The summed E-state index contributed by atoms with van der Waals surface area (Å²) in [6, 6.07) is 9.79. The quantitative estimate of drug-likeness (QED) is 0.0751. The number of allylic oxidation sites excluding steroid dienone is 6. The number of imide groups is 3. The molecule has 3 heterocycles. The van der Waals surface area contributed by atoms with Crippen molar-refractivity contribution < 1.29 is 60.7 Å². The lowest BCUT2D eigenvalue weighted by molar-refractivity contribution is -0.142. The molecule has 3 N–H and O–H groups in total. The number of likely N-dealkylation sites (tertiary alicyclic amines) is 3. The Labute approximate surface area is 407 Å². The summed E-state index contributed by atoms with van der Waals surface area (Å²) in [4.78, 5) is 78.8. The molecular formula is C51H63N5O13S. The average Bonchev–Trinajstić information content (AvgIpc) is 4.25. The van der Waals surface area contributed by atoms with E-state index in [0.717, 1.165) is 19.3 Å². The van der Waals surface area contributed by atoms with Gasteiger partial charge < -0.3 is 29.6 Å². The van der Waals surface area contributed by atoms with E-state index in [9.17, 15) is 41.7 Å². The number of hydrogen-bond donors (Lipinski definition) is 3. The number of likely N-dealkylation sites (N-methyl/N-ethyl adjacent to an activating group) is 1. The fourth-order valence-electron chi connectivity index (χ4n) is 12.6. The van der Waals surface area contributed by atoms with Crippen LogP contribution in [0.15, 0.2) is 77.7 Å². The fourth-order valence-corrected chi connectivity index (χ4v) is 13.3. The smallest absolute Gasteiger partial charge is 0.295 e. The minimum atomic E-state index is -4.34. The van der Waals surface area contributed by atoms with Crippen LogP contribution in [-0.4, -0.2) is 156 Å². The zero-order valence-corrected chi connectivity index (χ0v) is 40.4. The summed E-state index contributed by atoms with van der Waals surface area (Å²) in [5.41, 5.74) is 0.675. The van der Waals surface area contributed by atoms with E-state index in [0.29, 0.717) is 101 Å². The summed E-state index contributed by atoms with van der Waals surface area (Å²) >= 11 is 0. The van der Waals surface area contributed by atoms with Crippen LogP contribution in [0, 0.1) is 71.0 Å². The molecule has 6 aliphatic carbocycles. The topological polar surface area (TPSA) is 227 Å². The second-order valence-electron chi connectivity index (χ2n) is 19.5. The standard InChI is InChI=1S/C21H20N2O5S.C18H27NO6.C12H16N2O2/c24-20-18-12-7-8-13(11-12)19(18)21(25)23(20)10-9-22-16-5-1-4-15-14(16)3-2-6-17(15)29(26,27)28;1-22-6-7-24-10-11-25-9-8-23-5-4-19-17(20)15-13-2-3-14(12-13)16(15)18(19)21;1-13-4-5-14-11(15)9-7-2-3-8(6-7)10(9)12(14)16/h1-8,12-13,18-19,22H,9-11H2,(H,26,27,28);2-3,13-16H,4-12H2,1H3;2-3,7-10,13H,4-6H2,1H3. The number of amides is 6. The van der Waals surface area contributed by atoms with Crippen molar-refractivity contribution in [1.29, 1.82) is 0 Å². The lowest BCUT2D eigenvalue weighted by atomic mass is 9.85. The molecule has 6 bridgehead atoms. The zero-order valence-electron chi connectivity index (χ0n) is 39.6. The highest BCUT2D eigenvalue weighted by Crippen LogP contribution is 2.54. The van der Waals surface area contributed by atoms with Crippen LogP contribution in [0.1, 0.15) is 19.3 Å². The predicted molar refractivity (Wildman–Crippen MR) is 254 cm³/mol. The number of anilines is 1. The zero-order chi connectivity index (χ0) is 49.3. The summed E-state index contributed by atoms with van der Waals surface area (Å²) in [5.74, 6) is 0.754. The lowest BCUT2D eigenvalue weighted by Crippen LogP contribution is -2.37. The van der Waals surface area contributed by atoms with E-state index < -0.39 is 10.1 Å². The summed E-state index contributed by atoms with van der Waals surface area (Å²) in [5, 5.41) is 7.23. The largest absolute Gasteiger partial charge is 0.383 e. The van der Waals surface area contributed by atoms with Gasteiger partial charge in [-0.1, -0.05) is 60.7 Å². The van der Waals surface area contributed by atoms with Crippen LogP contribution >= 0.6 is 0 Å². The average molecular weight is 986 g/mol. The summed E-state index contributed by atoms with van der Waals surface area (Å²) in [6.07, 6.45) is 15.5. The molecule has 6 amide bonds. The first-order chi connectivity index (χ1) is 33.8. The van der Waals surface area contributed by atoms with E-state index in [1.165, 1.54) is 20.8 Å². The molecule has 6 fully saturated rings. The van der Waals surface area contributed by atoms with Gasteiger partial charge in [-0.15, -0.1) is 0 Å². The number of rotatable bonds is 20. The highest BCUT2D eigenvalue weighted by molar-refractivity contribution is 7.86. The Balaban J connectivity index is 0.000000136. The summed E-state index contributed by atoms with van der Waals surface area (Å²) in [6.45, 7) is 5.59. The number of ether oxygens (including phenoxy) is 4. The van der Waals surface area contributed by atoms with Gasteiger partial charge in [0, 0.05) is 49.7 Å².